The summed E-state index contributed by atoms with van der Waals surface area (Å²) in [6.45, 7) is 1.81. The van der Waals surface area contributed by atoms with Crippen molar-refractivity contribution in [1.29, 1.82) is 0 Å². The normalized spacial score (nSPS) is 10.9. The predicted molar refractivity (Wildman–Crippen MR) is 70.7 cm³/mol. The lowest BCUT2D eigenvalue weighted by molar-refractivity contribution is -0.136. The third-order valence-electron chi connectivity index (χ3n) is 2.21. The van der Waals surface area contributed by atoms with Crippen LogP contribution in [0.25, 0.3) is 0 Å². The van der Waals surface area contributed by atoms with Crippen LogP contribution in [-0.2, 0) is 11.0 Å². The Balaban J connectivity index is 2.77. The number of hydrogen-bond donors (Lipinski definition) is 2. The first kappa shape index (κ1) is 15.4. The Morgan fingerprint density at radius 2 is 1.95 bits per heavy atom. The zero-order valence-corrected chi connectivity index (χ0v) is 11.0. The molecule has 0 unspecified atom stereocenters. The number of alkyl halides is 3. The Bertz CT molecular complexity index is 474. The smallest absolute Gasteiger partial charge is 0.332 e. The van der Waals surface area contributed by atoms with E-state index in [1.807, 2.05) is 6.92 Å². The summed E-state index contributed by atoms with van der Waals surface area (Å²) >= 11 is 4.80. The van der Waals surface area contributed by atoms with Crippen molar-refractivity contribution >= 4 is 28.9 Å². The van der Waals surface area contributed by atoms with Gasteiger partial charge in [0, 0.05) is 6.42 Å². The standard InChI is InChI=1S/C12H13F3N2OS/c1-2-5-10(18)17-11(19)16-9-7-4-3-6-8(9)12(13,14)15/h3-4,6-7H,2,5H2,1H3,(H2,16,17,18,19). The van der Waals surface area contributed by atoms with E-state index < -0.39 is 11.7 Å². The number of benzene rings is 1. The molecule has 0 fully saturated rings. The molecule has 1 aromatic rings. The van der Waals surface area contributed by atoms with Crippen LogP contribution < -0.4 is 10.6 Å². The SMILES string of the molecule is CCCC(=O)NC(=S)Nc1ccccc1C(F)(F)F. The summed E-state index contributed by atoms with van der Waals surface area (Å²) in [5, 5.41) is 4.56. The predicted octanol–water partition coefficient (Wildman–Crippen LogP) is 3.32. The first-order chi connectivity index (χ1) is 8.84. The first-order valence-corrected chi connectivity index (χ1v) is 6.02. The summed E-state index contributed by atoms with van der Waals surface area (Å²) in [6, 6.07) is 4.93. The van der Waals surface area contributed by atoms with Crippen molar-refractivity contribution in [2.75, 3.05) is 5.32 Å². The average Bonchev–Trinajstić information content (AvgIpc) is 2.28. The van der Waals surface area contributed by atoms with E-state index in [0.717, 1.165) is 6.07 Å². The van der Waals surface area contributed by atoms with Crippen LogP contribution in [0.1, 0.15) is 25.3 Å². The number of carbonyl (C=O) groups is 1. The van der Waals surface area contributed by atoms with Crippen molar-refractivity contribution < 1.29 is 18.0 Å². The zero-order chi connectivity index (χ0) is 14.5. The fraction of sp³-hybridized carbons (Fsp3) is 0.333. The molecule has 0 aromatic heterocycles. The van der Waals surface area contributed by atoms with E-state index in [2.05, 4.69) is 10.6 Å². The summed E-state index contributed by atoms with van der Waals surface area (Å²) < 4.78 is 38.1. The van der Waals surface area contributed by atoms with Gasteiger partial charge in [-0.25, -0.2) is 0 Å². The highest BCUT2D eigenvalue weighted by Gasteiger charge is 2.33. The maximum absolute atomic E-state index is 12.7. The summed E-state index contributed by atoms with van der Waals surface area (Å²) in [5.41, 5.74) is -1.01. The Morgan fingerprint density at radius 1 is 1.32 bits per heavy atom. The third kappa shape index (κ3) is 4.86. The minimum Gasteiger partial charge on any atom is -0.332 e. The van der Waals surface area contributed by atoms with E-state index >= 15 is 0 Å². The van der Waals surface area contributed by atoms with Crippen LogP contribution in [0.5, 0.6) is 0 Å². The monoisotopic (exact) mass is 290 g/mol. The van der Waals surface area contributed by atoms with Gasteiger partial charge in [0.25, 0.3) is 0 Å². The van der Waals surface area contributed by atoms with Crippen LogP contribution in [0.4, 0.5) is 18.9 Å². The van der Waals surface area contributed by atoms with Crippen molar-refractivity contribution in [3.8, 4) is 0 Å². The van der Waals surface area contributed by atoms with Gasteiger partial charge in [-0.3, -0.25) is 4.79 Å². The molecule has 1 rings (SSSR count). The van der Waals surface area contributed by atoms with Gasteiger partial charge in [-0.15, -0.1) is 0 Å². The molecular weight excluding hydrogens is 277 g/mol. The molecule has 104 valence electrons. The second-order valence-electron chi connectivity index (χ2n) is 3.80. The lowest BCUT2D eigenvalue weighted by Crippen LogP contribution is -2.34. The lowest BCUT2D eigenvalue weighted by Gasteiger charge is -2.15. The topological polar surface area (TPSA) is 41.1 Å². The number of hydrogen-bond acceptors (Lipinski definition) is 2. The summed E-state index contributed by atoms with van der Waals surface area (Å²) in [7, 11) is 0. The fourth-order valence-electron chi connectivity index (χ4n) is 1.41. The Hall–Kier alpha value is -1.63. The minimum atomic E-state index is -4.48. The van der Waals surface area contributed by atoms with E-state index in [0.29, 0.717) is 6.42 Å². The van der Waals surface area contributed by atoms with E-state index in [4.69, 9.17) is 12.2 Å². The molecule has 19 heavy (non-hydrogen) atoms. The van der Waals surface area contributed by atoms with Gasteiger partial charge in [0.1, 0.15) is 0 Å². The van der Waals surface area contributed by atoms with E-state index in [-0.39, 0.29) is 23.1 Å². The molecule has 0 bridgehead atoms. The second-order valence-corrected chi connectivity index (χ2v) is 4.20. The number of amides is 1. The van der Waals surface area contributed by atoms with Gasteiger partial charge in [0.15, 0.2) is 5.11 Å². The summed E-state index contributed by atoms with van der Waals surface area (Å²) in [5.74, 6) is -0.329. The van der Waals surface area contributed by atoms with Crippen LogP contribution >= 0.6 is 12.2 Å². The highest BCUT2D eigenvalue weighted by atomic mass is 32.1. The van der Waals surface area contributed by atoms with Gasteiger partial charge < -0.3 is 10.6 Å². The average molecular weight is 290 g/mol. The number of anilines is 1. The third-order valence-corrected chi connectivity index (χ3v) is 2.41. The largest absolute Gasteiger partial charge is 0.418 e. The highest BCUT2D eigenvalue weighted by molar-refractivity contribution is 7.80. The quantitative estimate of drug-likeness (QED) is 0.839. The van der Waals surface area contributed by atoms with Crippen molar-refractivity contribution in [2.45, 2.75) is 25.9 Å². The van der Waals surface area contributed by atoms with Crippen LogP contribution in [0.15, 0.2) is 24.3 Å². The van der Waals surface area contributed by atoms with E-state index in [1.165, 1.54) is 18.2 Å². The minimum absolute atomic E-state index is 0.143. The molecular formula is C12H13F3N2OS. The highest BCUT2D eigenvalue weighted by Crippen LogP contribution is 2.34. The molecule has 0 heterocycles. The molecule has 0 radical (unpaired) electrons. The maximum Gasteiger partial charge on any atom is 0.418 e. The van der Waals surface area contributed by atoms with Crippen LogP contribution in [0, 0.1) is 0 Å². The molecule has 3 nitrogen and oxygen atoms in total. The number of rotatable bonds is 3. The molecule has 0 spiro atoms. The first-order valence-electron chi connectivity index (χ1n) is 5.61. The van der Waals surface area contributed by atoms with Gasteiger partial charge in [-0.2, -0.15) is 13.2 Å². The number of para-hydroxylation sites is 1. The Labute approximate surface area is 114 Å². The van der Waals surface area contributed by atoms with E-state index in [9.17, 15) is 18.0 Å². The number of halogens is 3. The van der Waals surface area contributed by atoms with Crippen molar-refractivity contribution in [3.05, 3.63) is 29.8 Å². The molecule has 1 amide bonds. The number of thiocarbonyl (C=S) groups is 1. The van der Waals surface area contributed by atoms with Crippen molar-refractivity contribution in [1.82, 2.24) is 5.32 Å². The Kier molecular flexibility index (Phi) is 5.29. The summed E-state index contributed by atoms with van der Waals surface area (Å²) in [4.78, 5) is 11.3. The van der Waals surface area contributed by atoms with Crippen LogP contribution in [0.2, 0.25) is 0 Å². The van der Waals surface area contributed by atoms with Gasteiger partial charge in [-0.1, -0.05) is 19.1 Å². The Morgan fingerprint density at radius 3 is 2.53 bits per heavy atom. The number of nitrogens with one attached hydrogen (secondary N) is 2. The molecule has 0 aliphatic heterocycles. The molecule has 0 saturated heterocycles. The van der Waals surface area contributed by atoms with Crippen LogP contribution in [0.3, 0.4) is 0 Å². The van der Waals surface area contributed by atoms with Gasteiger partial charge >= 0.3 is 6.18 Å². The zero-order valence-electron chi connectivity index (χ0n) is 10.2. The molecule has 0 aliphatic carbocycles. The van der Waals surface area contributed by atoms with Crippen molar-refractivity contribution in [2.24, 2.45) is 0 Å². The van der Waals surface area contributed by atoms with Gasteiger partial charge in [0.05, 0.1) is 11.3 Å². The second kappa shape index (κ2) is 6.51. The molecule has 1 aromatic carbocycles. The number of carbonyl (C=O) groups excluding carboxylic acids is 1. The molecule has 0 atom stereocenters. The molecule has 0 saturated carbocycles. The van der Waals surface area contributed by atoms with E-state index in [1.54, 1.807) is 0 Å². The molecule has 2 N–H and O–H groups in total. The van der Waals surface area contributed by atoms with Gasteiger partial charge in [-0.05, 0) is 30.8 Å². The maximum atomic E-state index is 12.7. The van der Waals surface area contributed by atoms with Crippen molar-refractivity contribution in [3.63, 3.8) is 0 Å². The van der Waals surface area contributed by atoms with Crippen LogP contribution in [-0.4, -0.2) is 11.0 Å². The molecule has 7 heteroatoms. The molecule has 0 aliphatic rings. The summed E-state index contributed by atoms with van der Waals surface area (Å²) in [6.07, 6.45) is -3.58. The lowest BCUT2D eigenvalue weighted by atomic mass is 10.1. The fourth-order valence-corrected chi connectivity index (χ4v) is 1.63. The van der Waals surface area contributed by atoms with Gasteiger partial charge in [0.2, 0.25) is 5.91 Å².